The van der Waals surface area contributed by atoms with Gasteiger partial charge in [0.25, 0.3) is 11.8 Å². The number of aliphatic hydroxyl groups is 2. The third-order valence-electron chi connectivity index (χ3n) is 8.60. The van der Waals surface area contributed by atoms with E-state index in [-0.39, 0.29) is 49.4 Å². The molecule has 0 bridgehead atoms. The van der Waals surface area contributed by atoms with Gasteiger partial charge < -0.3 is 26.0 Å². The molecule has 1 saturated carbocycles. The van der Waals surface area contributed by atoms with Crippen LogP contribution < -0.4 is 10.6 Å². The van der Waals surface area contributed by atoms with Gasteiger partial charge in [0.15, 0.2) is 17.3 Å². The van der Waals surface area contributed by atoms with Crippen molar-refractivity contribution in [3.8, 4) is 5.75 Å². The number of Topliss-reactive ketones (excluding diaryl/α,β-unsaturated/α-hetero) is 2. The summed E-state index contributed by atoms with van der Waals surface area (Å²) >= 11 is 0. The zero-order valence-electron chi connectivity index (χ0n) is 21.3. The lowest BCUT2D eigenvalue weighted by molar-refractivity contribution is -0.886. The van der Waals surface area contributed by atoms with Crippen LogP contribution in [0.3, 0.4) is 0 Å². The number of phenolic OH excluding ortho intramolecular Hbond substituents is 1. The number of carbonyl (C=O) groups excluding carboxylic acids is 3. The number of piperidine rings is 1. The van der Waals surface area contributed by atoms with Crippen LogP contribution in [-0.2, 0) is 27.3 Å². The fraction of sp³-hybridized carbons (Fsp3) is 0.519. The minimum Gasteiger partial charge on any atom is -0.507 e. The van der Waals surface area contributed by atoms with Crippen molar-refractivity contribution in [1.29, 1.82) is 0 Å². The molecule has 1 saturated heterocycles. The first-order valence-electron chi connectivity index (χ1n) is 12.8. The minimum absolute atomic E-state index is 0.0230. The smallest absolute Gasteiger partial charge is 0.256 e. The van der Waals surface area contributed by atoms with Crippen molar-refractivity contribution in [2.24, 2.45) is 23.5 Å². The summed E-state index contributed by atoms with van der Waals surface area (Å²) in [5.41, 5.74) is 6.00. The van der Waals surface area contributed by atoms with Gasteiger partial charge in [-0.15, -0.1) is 0 Å². The van der Waals surface area contributed by atoms with E-state index in [1.54, 1.807) is 31.1 Å². The number of alkyl halides is 2. The molecule has 1 heterocycles. The number of phenols is 1. The third kappa shape index (κ3) is 4.08. The Balaban J connectivity index is 1.52. The zero-order valence-corrected chi connectivity index (χ0v) is 21.3. The highest BCUT2D eigenvalue weighted by Crippen LogP contribution is 2.49. The van der Waals surface area contributed by atoms with E-state index < -0.39 is 64.3 Å². The fourth-order valence-corrected chi connectivity index (χ4v) is 6.79. The molecule has 2 fully saturated rings. The number of nitrogens with one attached hydrogen (secondary N) is 1. The number of halogens is 2. The minimum atomic E-state index is -2.70. The van der Waals surface area contributed by atoms with Gasteiger partial charge in [-0.2, -0.15) is 0 Å². The predicted molar refractivity (Wildman–Crippen MR) is 131 cm³/mol. The molecule has 204 valence electrons. The molecule has 0 radical (unpaired) electrons. The van der Waals surface area contributed by atoms with E-state index in [0.717, 1.165) is 4.90 Å². The number of nitrogens with two attached hydrogens (primary N) is 1. The van der Waals surface area contributed by atoms with Crippen LogP contribution in [0.5, 0.6) is 5.75 Å². The Hall–Kier alpha value is -3.31. The molecular formula is C27H32F2N3O6+. The summed E-state index contributed by atoms with van der Waals surface area (Å²) in [6.07, 6.45) is 0.0865. The van der Waals surface area contributed by atoms with Crippen LogP contribution in [0.15, 0.2) is 29.0 Å². The first kappa shape index (κ1) is 26.3. The maximum Gasteiger partial charge on any atom is 0.256 e. The molecule has 3 aliphatic carbocycles. The summed E-state index contributed by atoms with van der Waals surface area (Å²) in [6.45, 7) is 0.539. The summed E-state index contributed by atoms with van der Waals surface area (Å²) in [6, 6.07) is 2.76. The Kier molecular flexibility index (Phi) is 6.34. The fourth-order valence-electron chi connectivity index (χ4n) is 6.79. The Morgan fingerprint density at radius 1 is 1.13 bits per heavy atom. The number of likely N-dealkylation sites (tertiary alicyclic amines) is 1. The molecule has 6 N–H and O–H groups in total. The monoisotopic (exact) mass is 532 g/mol. The van der Waals surface area contributed by atoms with Crippen LogP contribution in [0.2, 0.25) is 0 Å². The molecule has 0 aromatic heterocycles. The molecule has 38 heavy (non-hydrogen) atoms. The van der Waals surface area contributed by atoms with Gasteiger partial charge in [-0.25, -0.2) is 8.78 Å². The highest BCUT2D eigenvalue weighted by atomic mass is 19.3. The molecule has 4 atom stereocenters. The number of benzene rings is 1. The Bertz CT molecular complexity index is 1290. The van der Waals surface area contributed by atoms with Crippen LogP contribution in [-0.4, -0.2) is 76.8 Å². The summed E-state index contributed by atoms with van der Waals surface area (Å²) in [4.78, 5) is 41.6. The summed E-state index contributed by atoms with van der Waals surface area (Å²) in [5, 5.41) is 33.2. The second-order valence-electron chi connectivity index (χ2n) is 11.2. The van der Waals surface area contributed by atoms with Gasteiger partial charge in [0.2, 0.25) is 0 Å². The standard InChI is InChI=1S/C27H31F2N3O6/c1-31(2)20-15-10-14-9-12-3-4-13(11-32-7-5-27(28,29)6-8-32)21(33)16(12)22(34)17(14)23(35)18(15)24(36)19(25(20)37)26(30)38/h3-4,14-15,18,20,33-34,37H,5-11H2,1-2H3,(H2,30,38)/p+1. The lowest BCUT2D eigenvalue weighted by Crippen LogP contribution is -3.11. The van der Waals surface area contributed by atoms with Gasteiger partial charge in [-0.1, -0.05) is 12.1 Å². The largest absolute Gasteiger partial charge is 0.507 e. The van der Waals surface area contributed by atoms with Crippen LogP contribution in [0.1, 0.15) is 36.0 Å². The average molecular weight is 533 g/mol. The lowest BCUT2D eigenvalue weighted by atomic mass is 9.59. The van der Waals surface area contributed by atoms with E-state index in [9.17, 15) is 38.5 Å². The predicted octanol–water partition coefficient (Wildman–Crippen LogP) is 0.663. The Morgan fingerprint density at radius 3 is 2.39 bits per heavy atom. The Morgan fingerprint density at radius 2 is 1.79 bits per heavy atom. The van der Waals surface area contributed by atoms with Crippen molar-refractivity contribution in [1.82, 2.24) is 4.90 Å². The van der Waals surface area contributed by atoms with Crippen molar-refractivity contribution in [3.05, 3.63) is 45.7 Å². The van der Waals surface area contributed by atoms with Crippen LogP contribution in [0, 0.1) is 17.8 Å². The van der Waals surface area contributed by atoms with Crippen molar-refractivity contribution in [2.75, 3.05) is 27.2 Å². The van der Waals surface area contributed by atoms with E-state index in [1.807, 2.05) is 0 Å². The Labute approximate surface area is 218 Å². The molecule has 5 rings (SSSR count). The topological polar surface area (TPSA) is 146 Å². The number of aliphatic hydroxyl groups excluding tert-OH is 2. The second-order valence-corrected chi connectivity index (χ2v) is 11.2. The number of fused-ring (bicyclic) bond motifs is 3. The number of hydrogen-bond donors (Lipinski definition) is 5. The maximum absolute atomic E-state index is 13.8. The number of amides is 1. The van der Waals surface area contributed by atoms with Gasteiger partial charge >= 0.3 is 0 Å². The quantitative estimate of drug-likeness (QED) is 0.283. The zero-order chi connectivity index (χ0) is 27.7. The van der Waals surface area contributed by atoms with Crippen molar-refractivity contribution in [2.45, 2.75) is 44.2 Å². The van der Waals surface area contributed by atoms with Gasteiger partial charge in [-0.05, 0) is 24.3 Å². The number of likely N-dealkylation sites (N-methyl/N-ethyl adjacent to an activating group) is 1. The maximum atomic E-state index is 13.8. The number of allylic oxidation sites excluding steroid dienone is 1. The molecule has 1 aliphatic heterocycles. The number of hydrogen-bond acceptors (Lipinski definition) is 7. The van der Waals surface area contributed by atoms with Gasteiger partial charge in [0.05, 0.1) is 25.6 Å². The lowest BCUT2D eigenvalue weighted by Gasteiger charge is -2.44. The molecular weight excluding hydrogens is 500 g/mol. The highest BCUT2D eigenvalue weighted by Gasteiger charge is 2.57. The molecule has 1 aromatic carbocycles. The van der Waals surface area contributed by atoms with Crippen LogP contribution in [0.25, 0.3) is 5.76 Å². The number of carbonyl (C=O) groups is 3. The van der Waals surface area contributed by atoms with Crippen molar-refractivity contribution < 1.29 is 43.4 Å². The first-order valence-corrected chi connectivity index (χ1v) is 12.8. The number of nitrogens with zero attached hydrogens (tertiary/aromatic N) is 1. The SMILES string of the molecule is C[NH+](C)C1C(O)=C(C(N)=O)C(=O)C2C(=O)C3=C(O)c4c(ccc(CN5CCC(F)(F)CC5)c4O)CC3CC21. The summed E-state index contributed by atoms with van der Waals surface area (Å²) < 4.78 is 27.1. The van der Waals surface area contributed by atoms with E-state index in [2.05, 4.69) is 0 Å². The van der Waals surface area contributed by atoms with Gasteiger partial charge in [0, 0.05) is 49.5 Å². The number of aromatic hydroxyl groups is 1. The molecule has 4 unspecified atom stereocenters. The van der Waals surface area contributed by atoms with E-state index in [0.29, 0.717) is 24.0 Å². The van der Waals surface area contributed by atoms with E-state index in [1.165, 1.54) is 0 Å². The number of quaternary nitrogens is 1. The number of ketones is 2. The molecule has 0 spiro atoms. The van der Waals surface area contributed by atoms with Gasteiger partial charge in [0.1, 0.15) is 23.1 Å². The molecule has 1 amide bonds. The summed E-state index contributed by atoms with van der Waals surface area (Å²) in [7, 11) is 3.50. The number of primary amides is 1. The third-order valence-corrected chi connectivity index (χ3v) is 8.60. The van der Waals surface area contributed by atoms with Crippen molar-refractivity contribution >= 4 is 23.2 Å². The normalized spacial score (nSPS) is 29.3. The highest BCUT2D eigenvalue weighted by molar-refractivity contribution is 6.28. The first-order chi connectivity index (χ1) is 17.8. The number of rotatable bonds is 4. The molecule has 11 heteroatoms. The van der Waals surface area contributed by atoms with E-state index in [4.69, 9.17) is 5.73 Å². The summed E-state index contributed by atoms with van der Waals surface area (Å²) in [5.74, 6) is -8.70. The van der Waals surface area contributed by atoms with Crippen LogP contribution >= 0.6 is 0 Å². The van der Waals surface area contributed by atoms with Gasteiger partial charge in [-0.3, -0.25) is 19.3 Å². The average Bonchev–Trinajstić information content (AvgIpc) is 2.81. The van der Waals surface area contributed by atoms with Crippen molar-refractivity contribution in [3.63, 3.8) is 0 Å². The van der Waals surface area contributed by atoms with E-state index >= 15 is 0 Å². The second kappa shape index (κ2) is 9.16. The molecule has 1 aromatic rings. The molecule has 4 aliphatic rings. The van der Waals surface area contributed by atoms with Crippen LogP contribution in [0.4, 0.5) is 8.78 Å². The molecule has 9 nitrogen and oxygen atoms in total.